The lowest BCUT2D eigenvalue weighted by molar-refractivity contribution is 0.0115. The van der Waals surface area contributed by atoms with Crippen molar-refractivity contribution in [2.75, 3.05) is 57.5 Å². The summed E-state index contributed by atoms with van der Waals surface area (Å²) in [6, 6.07) is 8.19. The van der Waals surface area contributed by atoms with Crippen LogP contribution in [0.2, 0.25) is 0 Å². The van der Waals surface area contributed by atoms with Gasteiger partial charge >= 0.3 is 0 Å². The number of hydrogen-bond acceptors (Lipinski definition) is 9. The van der Waals surface area contributed by atoms with Gasteiger partial charge in [-0.05, 0) is 56.0 Å². The van der Waals surface area contributed by atoms with Crippen molar-refractivity contribution in [1.29, 1.82) is 0 Å². The van der Waals surface area contributed by atoms with Crippen molar-refractivity contribution in [3.05, 3.63) is 47.5 Å². The predicted molar refractivity (Wildman–Crippen MR) is 154 cm³/mol. The second kappa shape index (κ2) is 11.2. The summed E-state index contributed by atoms with van der Waals surface area (Å²) in [4.78, 5) is 22.9. The Labute approximate surface area is 244 Å². The third-order valence-corrected chi connectivity index (χ3v) is 10.7. The lowest BCUT2D eigenvalue weighted by Gasteiger charge is -2.41. The Morgan fingerprint density at radius 2 is 1.69 bits per heavy atom. The number of fused-ring (bicyclic) bond motifs is 1. The number of carbonyl (C=O) groups is 1. The summed E-state index contributed by atoms with van der Waals surface area (Å²) in [5, 5.41) is 5.11. The van der Waals surface area contributed by atoms with Gasteiger partial charge in [0.25, 0.3) is 5.91 Å². The first-order chi connectivity index (χ1) is 20.4. The van der Waals surface area contributed by atoms with Crippen molar-refractivity contribution in [3.63, 3.8) is 0 Å². The van der Waals surface area contributed by atoms with Crippen LogP contribution in [-0.4, -0.2) is 97.9 Å². The number of morpholine rings is 1. The first kappa shape index (κ1) is 27.7. The standard InChI is InChI=1S/C29H35FN6O5S/c30-20-4-6-22(7-5-20)36-28-26(27(32-36)19-2-1-3-19)25(35-10-8-21(9-11-35)34-12-14-40-15-13-34)16-24(31-28)29(37)33-42(38,39)23-17-41-18-23/h4-7,16,19,21,23H,1-3,8-15,17-18H2,(H,33,37). The molecule has 1 aromatic carbocycles. The fourth-order valence-corrected chi connectivity index (χ4v) is 7.37. The molecule has 0 unspecified atom stereocenters. The van der Waals surface area contributed by atoms with E-state index in [0.717, 1.165) is 88.3 Å². The van der Waals surface area contributed by atoms with Gasteiger partial charge in [0.2, 0.25) is 10.0 Å². The molecular formula is C29H35FN6O5S. The molecule has 1 N–H and O–H groups in total. The summed E-state index contributed by atoms with van der Waals surface area (Å²) in [5.41, 5.74) is 2.84. The molecule has 5 heterocycles. The third kappa shape index (κ3) is 5.16. The maximum absolute atomic E-state index is 13.8. The van der Waals surface area contributed by atoms with Crippen LogP contribution < -0.4 is 9.62 Å². The summed E-state index contributed by atoms with van der Waals surface area (Å²) in [5.74, 6) is -0.888. The van der Waals surface area contributed by atoms with Crippen molar-refractivity contribution >= 4 is 32.7 Å². The molecule has 1 saturated carbocycles. The number of piperidine rings is 1. The number of aromatic nitrogens is 3. The molecule has 13 heteroatoms. The van der Waals surface area contributed by atoms with Gasteiger partial charge < -0.3 is 14.4 Å². The highest BCUT2D eigenvalue weighted by atomic mass is 32.2. The molecule has 4 fully saturated rings. The van der Waals surface area contributed by atoms with E-state index < -0.39 is 21.2 Å². The number of anilines is 1. The van der Waals surface area contributed by atoms with Crippen LogP contribution in [0.4, 0.5) is 10.1 Å². The minimum atomic E-state index is -3.91. The molecule has 1 aliphatic carbocycles. The van der Waals surface area contributed by atoms with E-state index in [1.54, 1.807) is 22.9 Å². The van der Waals surface area contributed by atoms with E-state index in [-0.39, 0.29) is 30.6 Å². The van der Waals surface area contributed by atoms with Crippen LogP contribution in [0.5, 0.6) is 0 Å². The summed E-state index contributed by atoms with van der Waals surface area (Å²) >= 11 is 0. The summed E-state index contributed by atoms with van der Waals surface area (Å²) in [6.07, 6.45) is 5.07. The smallest absolute Gasteiger partial charge is 0.283 e. The molecule has 7 rings (SSSR count). The molecular weight excluding hydrogens is 563 g/mol. The van der Waals surface area contributed by atoms with Crippen molar-refractivity contribution < 1.29 is 27.1 Å². The summed E-state index contributed by atoms with van der Waals surface area (Å²) < 4.78 is 53.8. The molecule has 42 heavy (non-hydrogen) atoms. The number of rotatable bonds is 7. The highest BCUT2D eigenvalue weighted by Gasteiger charge is 2.36. The summed E-state index contributed by atoms with van der Waals surface area (Å²) in [6.45, 7) is 5.06. The van der Waals surface area contributed by atoms with E-state index in [4.69, 9.17) is 19.6 Å². The van der Waals surface area contributed by atoms with Gasteiger partial charge in [0, 0.05) is 38.1 Å². The fraction of sp³-hybridized carbons (Fsp3) is 0.552. The van der Waals surface area contributed by atoms with E-state index >= 15 is 0 Å². The van der Waals surface area contributed by atoms with Crippen LogP contribution in [0.3, 0.4) is 0 Å². The minimum absolute atomic E-state index is 0.0000377. The number of ether oxygens (including phenoxy) is 2. The van der Waals surface area contributed by atoms with Crippen molar-refractivity contribution in [2.24, 2.45) is 0 Å². The zero-order chi connectivity index (χ0) is 28.8. The molecule has 3 aromatic rings. The van der Waals surface area contributed by atoms with E-state index in [1.807, 2.05) is 0 Å². The van der Waals surface area contributed by atoms with Gasteiger partial charge in [0.05, 0.1) is 48.9 Å². The Balaban J connectivity index is 1.30. The zero-order valence-corrected chi connectivity index (χ0v) is 24.2. The molecule has 3 saturated heterocycles. The molecule has 0 bridgehead atoms. The van der Waals surface area contributed by atoms with Gasteiger partial charge in [-0.2, -0.15) is 5.10 Å². The van der Waals surface area contributed by atoms with Crippen molar-refractivity contribution in [3.8, 4) is 5.69 Å². The van der Waals surface area contributed by atoms with Crippen LogP contribution in [-0.2, 0) is 19.5 Å². The topological polar surface area (TPSA) is 119 Å². The van der Waals surface area contributed by atoms with Gasteiger partial charge in [-0.15, -0.1) is 0 Å². The molecule has 0 atom stereocenters. The van der Waals surface area contributed by atoms with Crippen LogP contribution in [0, 0.1) is 5.82 Å². The zero-order valence-electron chi connectivity index (χ0n) is 23.4. The SMILES string of the molecule is O=C(NS(=O)(=O)C1COC1)c1cc(N2CCC(N3CCOCC3)CC2)c2c(C3CCC3)nn(-c3ccc(F)cc3)c2n1. The van der Waals surface area contributed by atoms with Gasteiger partial charge in [-0.25, -0.2) is 27.2 Å². The largest absolute Gasteiger partial charge is 0.379 e. The van der Waals surface area contributed by atoms with E-state index in [2.05, 4.69) is 14.5 Å². The number of amides is 1. The average molecular weight is 599 g/mol. The van der Waals surface area contributed by atoms with Crippen molar-refractivity contribution in [2.45, 2.75) is 49.3 Å². The lowest BCUT2D eigenvalue weighted by atomic mass is 9.82. The Bertz CT molecular complexity index is 1570. The monoisotopic (exact) mass is 598 g/mol. The Morgan fingerprint density at radius 1 is 0.976 bits per heavy atom. The number of benzene rings is 1. The van der Waals surface area contributed by atoms with Crippen LogP contribution in [0.1, 0.15) is 54.2 Å². The summed E-state index contributed by atoms with van der Waals surface area (Å²) in [7, 11) is -3.91. The number of nitrogens with one attached hydrogen (secondary N) is 1. The lowest BCUT2D eigenvalue weighted by Crippen LogP contribution is -2.49. The number of halogens is 1. The molecule has 224 valence electrons. The van der Waals surface area contributed by atoms with Crippen molar-refractivity contribution in [1.82, 2.24) is 24.4 Å². The number of pyridine rings is 1. The highest BCUT2D eigenvalue weighted by molar-refractivity contribution is 7.90. The minimum Gasteiger partial charge on any atom is -0.379 e. The Morgan fingerprint density at radius 3 is 2.31 bits per heavy atom. The van der Waals surface area contributed by atoms with Gasteiger partial charge in [0.15, 0.2) is 5.65 Å². The normalized spacial score (nSPS) is 21.3. The molecule has 4 aliphatic rings. The first-order valence-corrected chi connectivity index (χ1v) is 16.3. The average Bonchev–Trinajstić information content (AvgIpc) is 3.30. The molecule has 11 nitrogen and oxygen atoms in total. The maximum atomic E-state index is 13.8. The predicted octanol–water partition coefficient (Wildman–Crippen LogP) is 2.59. The fourth-order valence-electron chi connectivity index (χ4n) is 6.29. The van der Waals surface area contributed by atoms with E-state index in [0.29, 0.717) is 17.4 Å². The van der Waals surface area contributed by atoms with E-state index in [9.17, 15) is 17.6 Å². The molecule has 2 aromatic heterocycles. The molecule has 3 aliphatic heterocycles. The third-order valence-electron chi connectivity index (χ3n) is 9.09. The molecule has 0 radical (unpaired) electrons. The van der Waals surface area contributed by atoms with Crippen LogP contribution >= 0.6 is 0 Å². The molecule has 1 amide bonds. The van der Waals surface area contributed by atoms with Gasteiger partial charge in [-0.1, -0.05) is 6.42 Å². The number of carbonyl (C=O) groups excluding carboxylic acids is 1. The maximum Gasteiger partial charge on any atom is 0.283 e. The number of hydrogen-bond donors (Lipinski definition) is 1. The van der Waals surface area contributed by atoms with E-state index in [1.165, 1.54) is 12.1 Å². The second-order valence-electron chi connectivity index (χ2n) is 11.6. The van der Waals surface area contributed by atoms with Gasteiger partial charge in [-0.3, -0.25) is 9.69 Å². The quantitative estimate of drug-likeness (QED) is 0.438. The van der Waals surface area contributed by atoms with Gasteiger partial charge in [0.1, 0.15) is 16.8 Å². The highest BCUT2D eigenvalue weighted by Crippen LogP contribution is 2.43. The van der Waals surface area contributed by atoms with Crippen LogP contribution in [0.25, 0.3) is 16.7 Å². The second-order valence-corrected chi connectivity index (χ2v) is 13.6. The Kier molecular flexibility index (Phi) is 7.37. The van der Waals surface area contributed by atoms with Crippen LogP contribution in [0.15, 0.2) is 30.3 Å². The number of nitrogens with zero attached hydrogens (tertiary/aromatic N) is 5. The molecule has 0 spiro atoms. The first-order valence-electron chi connectivity index (χ1n) is 14.8. The Hall–Kier alpha value is -3.13. The number of sulfonamides is 1.